The van der Waals surface area contributed by atoms with Gasteiger partial charge in [0.25, 0.3) is 0 Å². The van der Waals surface area contributed by atoms with Crippen LogP contribution >= 0.6 is 11.8 Å². The molecule has 1 saturated heterocycles. The molecule has 1 aliphatic rings. The third-order valence-electron chi connectivity index (χ3n) is 4.94. The molecular weight excluding hydrogens is 358 g/mol. The highest BCUT2D eigenvalue weighted by molar-refractivity contribution is 7.98. The van der Waals surface area contributed by atoms with E-state index in [9.17, 15) is 4.79 Å². The molecule has 3 rings (SSSR count). The van der Waals surface area contributed by atoms with Crippen molar-refractivity contribution < 1.29 is 14.6 Å². The van der Waals surface area contributed by atoms with Gasteiger partial charge in [-0.2, -0.15) is 0 Å². The number of likely N-dealkylation sites (tertiary alicyclic amines) is 1. The normalized spacial score (nSPS) is 17.6. The van der Waals surface area contributed by atoms with Crippen LogP contribution < -0.4 is 4.74 Å². The number of aliphatic hydroxyl groups is 1. The Morgan fingerprint density at radius 3 is 2.74 bits per heavy atom. The zero-order chi connectivity index (χ0) is 19.1. The van der Waals surface area contributed by atoms with Crippen molar-refractivity contribution in [1.29, 1.82) is 0 Å². The van der Waals surface area contributed by atoms with Crippen LogP contribution in [0.3, 0.4) is 0 Å². The highest BCUT2D eigenvalue weighted by Gasteiger charge is 2.27. The van der Waals surface area contributed by atoms with E-state index in [0.717, 1.165) is 48.7 Å². The zero-order valence-electron chi connectivity index (χ0n) is 15.8. The van der Waals surface area contributed by atoms with E-state index in [1.165, 1.54) is 5.56 Å². The van der Waals surface area contributed by atoms with Crippen LogP contribution in [0.5, 0.6) is 5.75 Å². The Bertz CT molecular complexity index is 747. The molecule has 1 atom stereocenters. The highest BCUT2D eigenvalue weighted by atomic mass is 32.2. The van der Waals surface area contributed by atoms with E-state index in [1.807, 2.05) is 42.7 Å². The summed E-state index contributed by atoms with van der Waals surface area (Å²) in [5.41, 5.74) is 2.08. The molecule has 0 amide bonds. The molecule has 1 fully saturated rings. The van der Waals surface area contributed by atoms with Gasteiger partial charge in [0.15, 0.2) is 5.78 Å². The minimum absolute atomic E-state index is 0.0185. The molecule has 0 bridgehead atoms. The van der Waals surface area contributed by atoms with Crippen molar-refractivity contribution in [1.82, 2.24) is 4.90 Å². The number of rotatable bonds is 8. The number of carbonyl (C=O) groups is 1. The van der Waals surface area contributed by atoms with Gasteiger partial charge in [-0.25, -0.2) is 0 Å². The van der Waals surface area contributed by atoms with E-state index in [0.29, 0.717) is 6.61 Å². The van der Waals surface area contributed by atoms with Gasteiger partial charge in [-0.05, 0) is 49.4 Å². The van der Waals surface area contributed by atoms with E-state index in [2.05, 4.69) is 17.0 Å². The summed E-state index contributed by atoms with van der Waals surface area (Å²) in [5, 5.41) is 8.82. The molecule has 27 heavy (non-hydrogen) atoms. The van der Waals surface area contributed by atoms with Gasteiger partial charge in [-0.15, -0.1) is 11.8 Å². The number of ketones is 1. The number of benzene rings is 2. The lowest BCUT2D eigenvalue weighted by atomic mass is 9.89. The molecule has 1 N–H and O–H groups in total. The van der Waals surface area contributed by atoms with Crippen molar-refractivity contribution in [3.8, 4) is 5.75 Å². The predicted octanol–water partition coefficient (Wildman–Crippen LogP) is 3.87. The van der Waals surface area contributed by atoms with Crippen molar-refractivity contribution in [3.63, 3.8) is 0 Å². The van der Waals surface area contributed by atoms with Crippen molar-refractivity contribution in [2.24, 2.45) is 5.92 Å². The first-order valence-corrected chi connectivity index (χ1v) is 10.7. The lowest BCUT2D eigenvalue weighted by Crippen LogP contribution is -2.38. The topological polar surface area (TPSA) is 49.8 Å². The third-order valence-corrected chi connectivity index (χ3v) is 5.73. The van der Waals surface area contributed by atoms with Crippen molar-refractivity contribution in [3.05, 3.63) is 59.7 Å². The Morgan fingerprint density at radius 2 is 2.00 bits per heavy atom. The molecule has 0 aliphatic carbocycles. The number of carbonyl (C=O) groups excluding carboxylic acids is 1. The number of hydrogen-bond acceptors (Lipinski definition) is 5. The van der Waals surface area contributed by atoms with Gasteiger partial charge >= 0.3 is 0 Å². The first kappa shape index (κ1) is 19.9. The minimum atomic E-state index is 0.0185. The van der Waals surface area contributed by atoms with Crippen molar-refractivity contribution in [2.75, 3.05) is 32.6 Å². The van der Waals surface area contributed by atoms with E-state index in [1.54, 1.807) is 11.8 Å². The van der Waals surface area contributed by atoms with E-state index < -0.39 is 0 Å². The average molecular weight is 386 g/mol. The highest BCUT2D eigenvalue weighted by Crippen LogP contribution is 2.27. The maximum Gasteiger partial charge on any atom is 0.168 e. The number of Topliss-reactive ketones (excluding diaryl/α,β-unsaturated/α-hetero) is 1. The summed E-state index contributed by atoms with van der Waals surface area (Å²) in [4.78, 5) is 16.5. The third kappa shape index (κ3) is 5.34. The fraction of sp³-hybridized carbons (Fsp3) is 0.409. The van der Waals surface area contributed by atoms with Gasteiger partial charge in [0.2, 0.25) is 0 Å². The van der Waals surface area contributed by atoms with Crippen molar-refractivity contribution >= 4 is 17.5 Å². The molecule has 0 spiro atoms. The molecule has 4 nitrogen and oxygen atoms in total. The Kier molecular flexibility index (Phi) is 7.33. The molecule has 1 heterocycles. The number of nitrogens with zero attached hydrogens (tertiary/aromatic N) is 1. The predicted molar refractivity (Wildman–Crippen MR) is 110 cm³/mol. The fourth-order valence-electron chi connectivity index (χ4n) is 3.59. The van der Waals surface area contributed by atoms with Gasteiger partial charge in [-0.1, -0.05) is 30.3 Å². The Balaban J connectivity index is 1.61. The first-order chi connectivity index (χ1) is 13.2. The lowest BCUT2D eigenvalue weighted by molar-refractivity contribution is 0.0808. The van der Waals surface area contributed by atoms with Crippen LogP contribution in [0, 0.1) is 5.92 Å². The summed E-state index contributed by atoms with van der Waals surface area (Å²) in [6.07, 6.45) is 4.04. The second kappa shape index (κ2) is 9.93. The summed E-state index contributed by atoms with van der Waals surface area (Å²) >= 11 is 1.64. The maximum atomic E-state index is 13.0. The molecule has 0 saturated carbocycles. The minimum Gasteiger partial charge on any atom is -0.491 e. The number of aliphatic hydroxyl groups excluding tert-OH is 1. The van der Waals surface area contributed by atoms with E-state index in [4.69, 9.17) is 9.84 Å². The maximum absolute atomic E-state index is 13.0. The van der Waals surface area contributed by atoms with Gasteiger partial charge in [0.05, 0.1) is 6.61 Å². The molecule has 0 radical (unpaired) electrons. The second-order valence-corrected chi connectivity index (χ2v) is 7.70. The van der Waals surface area contributed by atoms with Crippen LogP contribution in [0.15, 0.2) is 53.4 Å². The zero-order valence-corrected chi connectivity index (χ0v) is 16.6. The van der Waals surface area contributed by atoms with Crippen molar-refractivity contribution in [2.45, 2.75) is 24.3 Å². The molecule has 1 unspecified atom stereocenters. The van der Waals surface area contributed by atoms with Crippen LogP contribution in [-0.4, -0.2) is 48.3 Å². The molecule has 144 valence electrons. The van der Waals surface area contributed by atoms with Crippen LogP contribution in [0.4, 0.5) is 0 Å². The summed E-state index contributed by atoms with van der Waals surface area (Å²) in [7, 11) is 0. The first-order valence-electron chi connectivity index (χ1n) is 9.43. The monoisotopic (exact) mass is 385 g/mol. The number of ether oxygens (including phenoxy) is 1. The lowest BCUT2D eigenvalue weighted by Gasteiger charge is -2.32. The Hall–Kier alpha value is -1.82. The SMILES string of the molecule is CSc1ccccc1C(=O)C1CCCN(Cc2ccc(OCCO)cc2)C1. The summed E-state index contributed by atoms with van der Waals surface area (Å²) in [6, 6.07) is 15.9. The van der Waals surface area contributed by atoms with Gasteiger partial charge in [0.1, 0.15) is 12.4 Å². The molecule has 5 heteroatoms. The molecular formula is C22H27NO3S. The summed E-state index contributed by atoms with van der Waals surface area (Å²) in [5.74, 6) is 1.12. The average Bonchev–Trinajstić information content (AvgIpc) is 2.73. The molecule has 0 aromatic heterocycles. The van der Waals surface area contributed by atoms with Crippen LogP contribution in [0.1, 0.15) is 28.8 Å². The largest absolute Gasteiger partial charge is 0.491 e. The van der Waals surface area contributed by atoms with E-state index in [-0.39, 0.29) is 18.3 Å². The van der Waals surface area contributed by atoms with Crippen LogP contribution in [0.2, 0.25) is 0 Å². The van der Waals surface area contributed by atoms with Gasteiger partial charge < -0.3 is 9.84 Å². The standard InChI is InChI=1S/C22H27NO3S/c1-27-21-7-3-2-6-20(21)22(25)18-5-4-12-23(16-18)15-17-8-10-19(11-9-17)26-14-13-24/h2-3,6-11,18,24H,4-5,12-16H2,1H3. The fourth-order valence-corrected chi connectivity index (χ4v) is 4.20. The molecule has 2 aromatic rings. The number of thioether (sulfide) groups is 1. The molecule has 2 aromatic carbocycles. The summed E-state index contributed by atoms with van der Waals surface area (Å²) in [6.45, 7) is 3.01. The second-order valence-electron chi connectivity index (χ2n) is 6.85. The Labute approximate surface area is 165 Å². The Morgan fingerprint density at radius 1 is 1.22 bits per heavy atom. The quantitative estimate of drug-likeness (QED) is 0.552. The van der Waals surface area contributed by atoms with E-state index >= 15 is 0 Å². The number of hydrogen-bond donors (Lipinski definition) is 1. The van der Waals surface area contributed by atoms with Crippen LogP contribution in [0.25, 0.3) is 0 Å². The van der Waals surface area contributed by atoms with Gasteiger partial charge in [-0.3, -0.25) is 9.69 Å². The van der Waals surface area contributed by atoms with Crippen LogP contribution in [-0.2, 0) is 6.54 Å². The smallest absolute Gasteiger partial charge is 0.168 e. The summed E-state index contributed by atoms with van der Waals surface area (Å²) < 4.78 is 5.41. The number of piperidine rings is 1. The van der Waals surface area contributed by atoms with Gasteiger partial charge in [0, 0.05) is 29.5 Å². The molecule has 1 aliphatic heterocycles.